The quantitative estimate of drug-likeness (QED) is 0.493. The molecule has 0 aliphatic heterocycles. The van der Waals surface area contributed by atoms with Gasteiger partial charge in [-0.1, -0.05) is 0 Å². The molecule has 2 N–H and O–H groups in total. The predicted molar refractivity (Wildman–Crippen MR) is 65.2 cm³/mol. The van der Waals surface area contributed by atoms with Gasteiger partial charge in [-0.2, -0.15) is 0 Å². The summed E-state index contributed by atoms with van der Waals surface area (Å²) in [6.45, 7) is 2.86. The van der Waals surface area contributed by atoms with Gasteiger partial charge in [-0.25, -0.2) is 18.4 Å². The minimum Gasteiger partial charge on any atom is -0.462 e. The molecule has 0 spiro atoms. The van der Waals surface area contributed by atoms with Crippen molar-refractivity contribution in [3.63, 3.8) is 0 Å². The van der Waals surface area contributed by atoms with Crippen LogP contribution in [0.5, 0.6) is 0 Å². The number of benzene rings is 1. The number of carbonyl (C=O) groups excluding carboxylic acids is 1. The Hall–Kier alpha value is -2.00. The van der Waals surface area contributed by atoms with Crippen molar-refractivity contribution in [1.82, 2.24) is 0 Å². The molecule has 0 amide bonds. The summed E-state index contributed by atoms with van der Waals surface area (Å²) in [6, 6.07) is 1.93. The van der Waals surface area contributed by atoms with Crippen LogP contribution in [-0.4, -0.2) is 25.9 Å². The topological polar surface area (TPSA) is 130 Å². The van der Waals surface area contributed by atoms with Gasteiger partial charge in [-0.05, 0) is 19.9 Å². The molecule has 0 bridgehead atoms. The molecule has 0 fully saturated rings. The minimum absolute atomic E-state index is 0.0607. The largest absolute Gasteiger partial charge is 0.462 e. The molecule has 0 aliphatic carbocycles. The molecule has 1 rings (SSSR count). The van der Waals surface area contributed by atoms with Gasteiger partial charge < -0.3 is 4.74 Å². The summed E-state index contributed by atoms with van der Waals surface area (Å²) >= 11 is 0. The Morgan fingerprint density at radius 1 is 1.47 bits per heavy atom. The second-order valence-corrected chi connectivity index (χ2v) is 5.17. The molecule has 0 atom stereocenters. The Labute approximate surface area is 109 Å². The monoisotopic (exact) mass is 288 g/mol. The van der Waals surface area contributed by atoms with E-state index in [2.05, 4.69) is 4.74 Å². The van der Waals surface area contributed by atoms with Crippen molar-refractivity contribution in [1.29, 1.82) is 0 Å². The van der Waals surface area contributed by atoms with E-state index in [9.17, 15) is 23.3 Å². The fraction of sp³-hybridized carbons (Fsp3) is 0.300. The van der Waals surface area contributed by atoms with Crippen LogP contribution in [-0.2, 0) is 14.8 Å². The number of nitrogens with zero attached hydrogens (tertiary/aromatic N) is 1. The number of hydrogen-bond acceptors (Lipinski definition) is 6. The third-order valence-electron chi connectivity index (χ3n) is 2.35. The van der Waals surface area contributed by atoms with Crippen molar-refractivity contribution >= 4 is 21.7 Å². The predicted octanol–water partition coefficient (Wildman–Crippen LogP) is 0.727. The highest BCUT2D eigenvalue weighted by Gasteiger charge is 2.24. The van der Waals surface area contributed by atoms with Crippen molar-refractivity contribution in [2.75, 3.05) is 6.61 Å². The Kier molecular flexibility index (Phi) is 4.22. The van der Waals surface area contributed by atoms with Crippen LogP contribution in [0.25, 0.3) is 0 Å². The third kappa shape index (κ3) is 3.26. The molecule has 0 saturated carbocycles. The lowest BCUT2D eigenvalue weighted by Crippen LogP contribution is -2.16. The summed E-state index contributed by atoms with van der Waals surface area (Å²) in [5.41, 5.74) is -0.863. The van der Waals surface area contributed by atoms with E-state index in [1.807, 2.05) is 0 Å². The SMILES string of the molecule is CCOC(=O)c1cc([N+](=O)[O-])c(C)c(S(N)(=O)=O)c1. The van der Waals surface area contributed by atoms with Crippen LogP contribution in [0.3, 0.4) is 0 Å². The molecular formula is C10H12N2O6S. The Morgan fingerprint density at radius 2 is 2.05 bits per heavy atom. The lowest BCUT2D eigenvalue weighted by Gasteiger charge is -2.07. The fourth-order valence-corrected chi connectivity index (χ4v) is 2.31. The number of sulfonamides is 1. The van der Waals surface area contributed by atoms with E-state index in [0.717, 1.165) is 12.1 Å². The number of hydrogen-bond donors (Lipinski definition) is 1. The van der Waals surface area contributed by atoms with Crippen LogP contribution in [0.4, 0.5) is 5.69 Å². The lowest BCUT2D eigenvalue weighted by atomic mass is 10.1. The van der Waals surface area contributed by atoms with E-state index in [1.54, 1.807) is 6.92 Å². The number of esters is 1. The van der Waals surface area contributed by atoms with E-state index >= 15 is 0 Å². The van der Waals surface area contributed by atoms with Crippen LogP contribution < -0.4 is 5.14 Å². The maximum atomic E-state index is 11.5. The van der Waals surface area contributed by atoms with Crippen LogP contribution in [0.15, 0.2) is 17.0 Å². The van der Waals surface area contributed by atoms with E-state index in [-0.39, 0.29) is 17.7 Å². The fourth-order valence-electron chi connectivity index (χ4n) is 1.49. The smallest absolute Gasteiger partial charge is 0.338 e. The van der Waals surface area contributed by atoms with E-state index < -0.39 is 31.5 Å². The first-order valence-electron chi connectivity index (χ1n) is 5.17. The van der Waals surface area contributed by atoms with Crippen LogP contribution in [0, 0.1) is 17.0 Å². The molecule has 0 radical (unpaired) electrons. The third-order valence-corrected chi connectivity index (χ3v) is 3.38. The number of rotatable bonds is 4. The maximum Gasteiger partial charge on any atom is 0.338 e. The summed E-state index contributed by atoms with van der Waals surface area (Å²) < 4.78 is 27.4. The summed E-state index contributed by atoms with van der Waals surface area (Å²) in [4.78, 5) is 21.1. The van der Waals surface area contributed by atoms with Gasteiger partial charge in [-0.3, -0.25) is 10.1 Å². The molecule has 0 aromatic heterocycles. The number of carbonyl (C=O) groups is 1. The molecule has 19 heavy (non-hydrogen) atoms. The number of nitro benzene ring substituents is 1. The zero-order valence-electron chi connectivity index (χ0n) is 10.2. The highest BCUT2D eigenvalue weighted by atomic mass is 32.2. The molecule has 0 saturated heterocycles. The van der Waals surface area contributed by atoms with Gasteiger partial charge >= 0.3 is 5.97 Å². The first-order chi connectivity index (χ1) is 8.68. The standard InChI is InChI=1S/C10H12N2O6S/c1-3-18-10(13)7-4-8(12(14)15)6(2)9(5-7)19(11,16)17/h4-5H,3H2,1-2H3,(H2,11,16,17). The molecule has 1 aromatic carbocycles. The summed E-state index contributed by atoms with van der Waals surface area (Å²) in [7, 11) is -4.17. The van der Waals surface area contributed by atoms with Crippen molar-refractivity contribution in [2.45, 2.75) is 18.7 Å². The molecule has 0 heterocycles. The highest BCUT2D eigenvalue weighted by molar-refractivity contribution is 7.89. The molecule has 104 valence electrons. The van der Waals surface area contributed by atoms with E-state index in [1.165, 1.54) is 6.92 Å². The maximum absolute atomic E-state index is 11.5. The van der Waals surface area contributed by atoms with E-state index in [4.69, 9.17) is 5.14 Å². The molecular weight excluding hydrogens is 276 g/mol. The van der Waals surface area contributed by atoms with Crippen LogP contribution >= 0.6 is 0 Å². The second-order valence-electron chi connectivity index (χ2n) is 3.64. The Balaban J connectivity index is 3.58. The summed E-state index contributed by atoms with van der Waals surface area (Å²) in [5, 5.41) is 15.8. The number of ether oxygens (including phenoxy) is 1. The second kappa shape index (κ2) is 5.33. The number of primary sulfonamides is 1. The van der Waals surface area contributed by atoms with Gasteiger partial charge in [0.25, 0.3) is 5.69 Å². The van der Waals surface area contributed by atoms with Crippen LogP contribution in [0.1, 0.15) is 22.8 Å². The van der Waals surface area contributed by atoms with Crippen molar-refractivity contribution < 1.29 is 22.9 Å². The van der Waals surface area contributed by atoms with Crippen molar-refractivity contribution in [3.05, 3.63) is 33.4 Å². The average Bonchev–Trinajstić information content (AvgIpc) is 2.27. The number of nitrogens with two attached hydrogens (primary N) is 1. The normalized spacial score (nSPS) is 11.1. The molecule has 9 heteroatoms. The zero-order valence-corrected chi connectivity index (χ0v) is 11.1. The van der Waals surface area contributed by atoms with Gasteiger partial charge in [-0.15, -0.1) is 0 Å². The zero-order chi connectivity index (χ0) is 14.8. The van der Waals surface area contributed by atoms with Gasteiger partial charge in [0, 0.05) is 11.6 Å². The summed E-state index contributed by atoms with van der Waals surface area (Å²) in [5.74, 6) is -0.851. The van der Waals surface area contributed by atoms with Crippen LogP contribution in [0.2, 0.25) is 0 Å². The summed E-state index contributed by atoms with van der Waals surface area (Å²) in [6.07, 6.45) is 0. The van der Waals surface area contributed by atoms with Gasteiger partial charge in [0.1, 0.15) is 0 Å². The lowest BCUT2D eigenvalue weighted by molar-refractivity contribution is -0.385. The first-order valence-corrected chi connectivity index (χ1v) is 6.72. The highest BCUT2D eigenvalue weighted by Crippen LogP contribution is 2.26. The molecule has 1 aromatic rings. The molecule has 8 nitrogen and oxygen atoms in total. The van der Waals surface area contributed by atoms with Gasteiger partial charge in [0.15, 0.2) is 0 Å². The Bertz CT molecular complexity index is 638. The average molecular weight is 288 g/mol. The molecule has 0 aliphatic rings. The Morgan fingerprint density at radius 3 is 2.47 bits per heavy atom. The molecule has 0 unspecified atom stereocenters. The van der Waals surface area contributed by atoms with Crippen molar-refractivity contribution in [2.24, 2.45) is 5.14 Å². The number of nitro groups is 1. The minimum atomic E-state index is -4.17. The van der Waals surface area contributed by atoms with Crippen molar-refractivity contribution in [3.8, 4) is 0 Å². The first kappa shape index (κ1) is 15.1. The van der Waals surface area contributed by atoms with E-state index in [0.29, 0.717) is 0 Å². The van der Waals surface area contributed by atoms with Gasteiger partial charge in [0.2, 0.25) is 10.0 Å². The van der Waals surface area contributed by atoms with Gasteiger partial charge in [0.05, 0.1) is 22.0 Å².